The van der Waals surface area contributed by atoms with E-state index in [9.17, 15) is 35.6 Å². The second-order valence-corrected chi connectivity index (χ2v) is 26.0. The average molecular weight is 1580 g/mol. The molecule has 104 heavy (non-hydrogen) atoms. The maximum atomic E-state index is 10.8. The summed E-state index contributed by atoms with van der Waals surface area (Å²) >= 11 is 0. The van der Waals surface area contributed by atoms with E-state index in [1.807, 2.05) is 0 Å². The van der Waals surface area contributed by atoms with Crippen molar-refractivity contribution in [2.75, 3.05) is 0 Å². The molecule has 0 aliphatic heterocycles. The Kier molecular flexibility index (Phi) is 8.25. The second kappa shape index (κ2) is 28.1. The number of aromatic nitrogens is 4. The van der Waals surface area contributed by atoms with Crippen LogP contribution in [0.2, 0.25) is 0 Å². The monoisotopic (exact) mass is 1570 g/mol. The van der Waals surface area contributed by atoms with E-state index in [1.54, 1.807) is 30.3 Å². The fraction of sp³-hybridized carbons (Fsp3) is 0.0103. The molecule has 3 heterocycles. The number of hydrogen-bond acceptors (Lipinski definition) is 2. The van der Waals surface area contributed by atoms with Crippen LogP contribution in [-0.2, 0) is 21.1 Å². The molecular weight excluding hydrogens is 1460 g/mol. The third kappa shape index (κ3) is 12.0. The van der Waals surface area contributed by atoms with Gasteiger partial charge in [-0.3, -0.25) is 4.57 Å². The van der Waals surface area contributed by atoms with Gasteiger partial charge < -0.3 is 13.9 Å². The Hall–Kier alpha value is -12.6. The number of aryl methyl sites for hydroxylation is 1. The van der Waals surface area contributed by atoms with E-state index in [2.05, 4.69) is 23.4 Å². The molecule has 0 unspecified atom stereocenters. The maximum Gasteiger partial charge on any atom is 0.268 e. The van der Waals surface area contributed by atoms with E-state index in [0.29, 0.717) is 16.3 Å². The van der Waals surface area contributed by atoms with Crippen molar-refractivity contribution < 1.29 is 97.5 Å². The molecule has 0 saturated carbocycles. The fourth-order valence-corrected chi connectivity index (χ4v) is 16.1. The van der Waals surface area contributed by atoms with Gasteiger partial charge in [0.2, 0.25) is 0 Å². The predicted octanol–water partition coefficient (Wildman–Crippen LogP) is 20.9. The summed E-state index contributed by atoms with van der Waals surface area (Å²) in [5.41, 5.74) is -15.1. The zero-order valence-corrected chi connectivity index (χ0v) is 56.1. The molecule has 0 amide bonds. The first-order valence-corrected chi connectivity index (χ1v) is 33.0. The molecule has 0 aliphatic carbocycles. The van der Waals surface area contributed by atoms with Crippen LogP contribution in [0.1, 0.15) is 72.7 Å². The van der Waals surface area contributed by atoms with Crippen molar-refractivity contribution in [2.24, 2.45) is 0 Å². The molecule has 7 heteroatoms. The van der Waals surface area contributed by atoms with Gasteiger partial charge in [0.05, 0.1) is 79.8 Å². The van der Waals surface area contributed by atoms with Crippen LogP contribution in [0.25, 0.3) is 128 Å². The molecule has 5 nitrogen and oxygen atoms in total. The molecule has 18 rings (SSSR count). The minimum atomic E-state index is -6.36. The Bertz CT molecular complexity index is 8430. The third-order valence-corrected chi connectivity index (χ3v) is 20.8. The first-order chi connectivity index (χ1) is 71.3. The molecule has 3 aromatic heterocycles. The molecule has 0 radical (unpaired) electrons. The first kappa shape index (κ1) is 30.6. The zero-order chi connectivity index (χ0) is 111. The summed E-state index contributed by atoms with van der Waals surface area (Å²) in [6.07, 6.45) is 4.21. The topological polar surface area (TPSA) is 35.9 Å². The Labute approximate surface area is 690 Å². The summed E-state index contributed by atoms with van der Waals surface area (Å²) in [7, 11) is -6.36. The molecule has 0 fully saturated rings. The number of rotatable bonds is 16. The number of nitrogens with zero attached hydrogens (tertiary/aromatic N) is 4. The summed E-state index contributed by atoms with van der Waals surface area (Å²) < 4.78 is 471. The summed E-state index contributed by atoms with van der Waals surface area (Å²) in [6.45, 7) is -3.09. The molecule has 0 saturated heterocycles. The van der Waals surface area contributed by atoms with Gasteiger partial charge in [-0.1, -0.05) is 302 Å². The van der Waals surface area contributed by atoms with Crippen LogP contribution in [0.4, 0.5) is 0 Å². The third-order valence-electron chi connectivity index (χ3n) is 16.7. The zero-order valence-electron chi connectivity index (χ0n) is 102. The molecular formula is C97H66N4OPtSi-2. The molecule has 496 valence electrons. The van der Waals surface area contributed by atoms with Crippen LogP contribution in [0.15, 0.2) is 381 Å². The van der Waals surface area contributed by atoms with E-state index >= 15 is 0 Å². The van der Waals surface area contributed by atoms with Crippen LogP contribution < -0.4 is 30.1 Å². The van der Waals surface area contributed by atoms with E-state index in [1.165, 1.54) is 28.8 Å². The van der Waals surface area contributed by atoms with Gasteiger partial charge in [-0.2, -0.15) is 18.2 Å². The predicted molar refractivity (Wildman–Crippen MR) is 426 cm³/mol. The number of hydrogen-bond donors (Lipinski definition) is 0. The molecule has 0 spiro atoms. The number of para-hydroxylation sites is 2. The van der Waals surface area contributed by atoms with Gasteiger partial charge >= 0.3 is 0 Å². The molecule has 15 aromatic carbocycles. The van der Waals surface area contributed by atoms with Crippen molar-refractivity contribution in [3.63, 3.8) is 0 Å². The van der Waals surface area contributed by atoms with Crippen molar-refractivity contribution in [3.05, 3.63) is 405 Å². The van der Waals surface area contributed by atoms with E-state index < -0.39 is 408 Å². The maximum absolute atomic E-state index is 10.8. The largest absolute Gasteiger partial charge is 0.510 e. The normalized spacial score (nSPS) is 18.2. The van der Waals surface area contributed by atoms with Gasteiger partial charge in [-0.25, -0.2) is 4.98 Å². The molecule has 18 aromatic rings. The quantitative estimate of drug-likeness (QED) is 0.0418. The van der Waals surface area contributed by atoms with E-state index in [0.717, 1.165) is 57.8 Å². The van der Waals surface area contributed by atoms with Crippen LogP contribution in [0.5, 0.6) is 11.5 Å². The number of fused-ring (bicyclic) bond motifs is 4. The standard InChI is InChI=1S/C97H66N4OSi.Pt/c1-68-56-96(98-66-91(68)73-38-18-6-19-39-73)101-92-51-27-26-48-89(92)90-54-52-82(64-94(90)101)102-81-41-28-40-80(63-81)99-67-100(93-55-53-86(65-95(93)99)103(83-42-20-7-21-43-83,84-44-22-8-23-45-84)85-46-24-9-25-47-85)97-87(78-59-74(69-30-10-2-11-31-69)57-75(60-78)70-32-12-3-13-33-70)49-29-50-88(97)79-61-76(71-34-14-4-15-35-71)58-77(62-79)72-36-16-5-17-37-72;/h2-62,65-66H,1H3;/q-2;/i1D3,2D,3D,4D,5D,6D,7D,8D,9D,10D,11D,12D,13D,14D,15D,16D,17D,18D,19D,20D,21D,22D,23D,24D,25D,30D,31D,32D,33D,34D,35D,36D,37D,38D,39D,42D,43D,44D,45D,46D,47D,57D,58D,59D,60D,61D,62D;. The van der Waals surface area contributed by atoms with Gasteiger partial charge in [0.15, 0.2) is 8.07 Å². The number of imidazole rings is 1. The Morgan fingerprint density at radius 2 is 0.856 bits per heavy atom. The van der Waals surface area contributed by atoms with E-state index in [-0.39, 0.29) is 55.1 Å². The number of ether oxygens (including phenoxy) is 1. The SMILES string of the molecule is [2H]c1c([2H])c([2H])c(-c2cnc(-n3c4[c-]c(Oc5[c-]c(-n6[c-][n+](-c7c(-c8c([2H])c(-c9c([2H])c([2H])c([2H])c([2H])c9[2H])c([2H])c(-c9c([2H])c([2H])c([2H])c([2H])c9[2H])c8[2H])cccc7-c7c([2H])c(-c8c([2H])c([2H])c([2H])c([2H])c8[2H])c([2H])c(-c8c([2H])c([2H])c([2H])c([2H])c8[2H])c7[2H])c7ccc([Si](c8c([2H])c([2H])c([2H])c([2H])c8[2H])(c8c([2H])c([2H])c([2H])c([2H])c8[2H])c8c([2H])c([2H])c([2H])c([2H])c8[2H])cc76)ccc5)ccc4c4ccccc43)cc2C([2H])([2H])[2H])c([2H])c1[2H].[Pt]. The van der Waals surface area contributed by atoms with Crippen LogP contribution in [-0.4, -0.2) is 22.2 Å². The number of benzene rings is 15. The van der Waals surface area contributed by atoms with Crippen molar-refractivity contribution in [3.8, 4) is 107 Å². The minimum absolute atomic E-state index is 0. The first-order valence-electron chi connectivity index (χ1n) is 55.5. The molecule has 0 N–H and O–H groups in total. The van der Waals surface area contributed by atoms with Crippen LogP contribution in [0, 0.1) is 25.3 Å². The Balaban J connectivity index is 0.0000159. The Morgan fingerprint density at radius 3 is 1.37 bits per heavy atom. The summed E-state index contributed by atoms with van der Waals surface area (Å²) in [4.78, 5) is 4.66. The van der Waals surface area contributed by atoms with Crippen LogP contribution >= 0.6 is 0 Å². The second-order valence-electron chi connectivity index (χ2n) is 22.5. The fourth-order valence-electron chi connectivity index (χ4n) is 12.3. The van der Waals surface area contributed by atoms with E-state index in [4.69, 9.17) is 36.3 Å². The average Bonchev–Trinajstić information content (AvgIpc) is 1.54. The van der Waals surface area contributed by atoms with Gasteiger partial charge in [0, 0.05) is 54.0 Å². The smallest absolute Gasteiger partial charge is 0.268 e. The molecule has 0 atom stereocenters. The van der Waals surface area contributed by atoms with Crippen molar-refractivity contribution >= 4 is 61.7 Å². The van der Waals surface area contributed by atoms with Gasteiger partial charge in [0.1, 0.15) is 5.82 Å². The van der Waals surface area contributed by atoms with Gasteiger partial charge in [0.25, 0.3) is 6.33 Å². The van der Waals surface area contributed by atoms with Crippen molar-refractivity contribution in [1.82, 2.24) is 14.1 Å². The number of pyridine rings is 1. The van der Waals surface area contributed by atoms with Crippen LogP contribution in [0.3, 0.4) is 0 Å². The van der Waals surface area contributed by atoms with Gasteiger partial charge in [-0.15, -0.1) is 29.7 Å². The molecule has 0 bridgehead atoms. The van der Waals surface area contributed by atoms with Crippen molar-refractivity contribution in [1.29, 1.82) is 0 Å². The summed E-state index contributed by atoms with van der Waals surface area (Å²) in [5.74, 6) is -0.696. The minimum Gasteiger partial charge on any atom is -0.510 e. The van der Waals surface area contributed by atoms with Crippen molar-refractivity contribution in [2.45, 2.75) is 6.85 Å². The summed E-state index contributed by atoms with van der Waals surface area (Å²) in [6, 6.07) is -24.5. The Morgan fingerprint density at radius 1 is 0.394 bits per heavy atom. The molecule has 0 aliphatic rings. The van der Waals surface area contributed by atoms with Gasteiger partial charge in [-0.05, 0) is 165 Å². The summed E-state index contributed by atoms with van der Waals surface area (Å²) in [5, 5.41) is -2.87.